The second-order valence-electron chi connectivity index (χ2n) is 6.28. The molecule has 1 heterocycles. The molecule has 3 aromatic carbocycles. The molecule has 0 aromatic heterocycles. The van der Waals surface area contributed by atoms with Crippen LogP contribution in [-0.2, 0) is 0 Å². The third kappa shape index (κ3) is 2.81. The SMILES string of the molecule is O=C1c2ccccc2O[C@H](c2ccccc2)[C@]1(Br)[C@H](Br)c1ccccc1. The van der Waals surface area contributed by atoms with Crippen LogP contribution in [0, 0.1) is 0 Å². The minimum atomic E-state index is -0.968. The summed E-state index contributed by atoms with van der Waals surface area (Å²) >= 11 is 7.60. The molecule has 0 saturated carbocycles. The first-order valence-electron chi connectivity index (χ1n) is 8.35. The number of para-hydroxylation sites is 1. The molecule has 1 aliphatic heterocycles. The Labute approximate surface area is 169 Å². The maximum atomic E-state index is 13.6. The minimum absolute atomic E-state index is 0.0129. The van der Waals surface area contributed by atoms with Crippen molar-refractivity contribution < 1.29 is 9.53 Å². The largest absolute Gasteiger partial charge is 0.483 e. The van der Waals surface area contributed by atoms with E-state index in [9.17, 15) is 4.79 Å². The van der Waals surface area contributed by atoms with Crippen molar-refractivity contribution in [1.82, 2.24) is 0 Å². The van der Waals surface area contributed by atoms with E-state index in [1.165, 1.54) is 0 Å². The van der Waals surface area contributed by atoms with Crippen molar-refractivity contribution in [2.75, 3.05) is 0 Å². The van der Waals surface area contributed by atoms with Crippen molar-refractivity contribution in [2.45, 2.75) is 15.3 Å². The highest BCUT2D eigenvalue weighted by atomic mass is 79.9. The summed E-state index contributed by atoms with van der Waals surface area (Å²) in [7, 11) is 0. The molecule has 0 amide bonds. The van der Waals surface area contributed by atoms with Gasteiger partial charge in [-0.25, -0.2) is 0 Å². The Hall–Kier alpha value is -1.91. The molecule has 26 heavy (non-hydrogen) atoms. The second-order valence-corrected chi connectivity index (χ2v) is 8.50. The number of carbonyl (C=O) groups excluding carboxylic acids is 1. The fourth-order valence-electron chi connectivity index (χ4n) is 3.35. The van der Waals surface area contributed by atoms with Gasteiger partial charge in [-0.2, -0.15) is 0 Å². The van der Waals surface area contributed by atoms with Crippen LogP contribution in [0.15, 0.2) is 84.9 Å². The summed E-state index contributed by atoms with van der Waals surface area (Å²) in [6, 6.07) is 27.2. The van der Waals surface area contributed by atoms with Crippen molar-refractivity contribution in [3.05, 3.63) is 102 Å². The van der Waals surface area contributed by atoms with Gasteiger partial charge in [-0.15, -0.1) is 0 Å². The maximum absolute atomic E-state index is 13.6. The van der Waals surface area contributed by atoms with Crippen molar-refractivity contribution in [3.63, 3.8) is 0 Å². The van der Waals surface area contributed by atoms with Crippen LogP contribution in [0.3, 0.4) is 0 Å². The van der Waals surface area contributed by atoms with Gasteiger partial charge in [0.25, 0.3) is 0 Å². The molecule has 4 heteroatoms. The van der Waals surface area contributed by atoms with Gasteiger partial charge in [-0.3, -0.25) is 4.79 Å². The number of Topliss-reactive ketones (excluding diaryl/α,β-unsaturated/α-hetero) is 1. The fraction of sp³-hybridized carbons (Fsp3) is 0.136. The van der Waals surface area contributed by atoms with Gasteiger partial charge in [0.15, 0.2) is 5.78 Å². The number of benzene rings is 3. The molecule has 3 atom stereocenters. The number of carbonyl (C=O) groups is 1. The molecule has 0 unspecified atom stereocenters. The van der Waals surface area contributed by atoms with E-state index in [1.54, 1.807) is 0 Å². The smallest absolute Gasteiger partial charge is 0.188 e. The molecule has 0 saturated heterocycles. The lowest BCUT2D eigenvalue weighted by atomic mass is 9.81. The molecule has 0 fully saturated rings. The van der Waals surface area contributed by atoms with Crippen molar-refractivity contribution in [2.24, 2.45) is 0 Å². The lowest BCUT2D eigenvalue weighted by Gasteiger charge is -2.42. The zero-order valence-corrected chi connectivity index (χ0v) is 17.0. The standard InChI is InChI=1S/C22H16Br2O2/c23-19(15-9-3-1-4-10-15)22(24)20(25)17-13-7-8-14-18(17)26-21(22)16-11-5-2-6-12-16/h1-14,19,21H/t19-,21-,22+/m1/s1. The van der Waals surface area contributed by atoms with Crippen LogP contribution in [0.4, 0.5) is 0 Å². The molecule has 130 valence electrons. The predicted molar refractivity (Wildman–Crippen MR) is 110 cm³/mol. The van der Waals surface area contributed by atoms with Crippen LogP contribution >= 0.6 is 31.9 Å². The fourth-order valence-corrected chi connectivity index (χ4v) is 4.94. The number of ketones is 1. The van der Waals surface area contributed by atoms with E-state index in [0.29, 0.717) is 11.3 Å². The van der Waals surface area contributed by atoms with Crippen LogP contribution in [0.5, 0.6) is 5.75 Å². The first-order chi connectivity index (χ1) is 12.6. The third-order valence-corrected chi connectivity index (χ3v) is 7.77. The number of fused-ring (bicyclic) bond motifs is 1. The van der Waals surface area contributed by atoms with Gasteiger partial charge in [-0.05, 0) is 23.3 Å². The Morgan fingerprint density at radius 2 is 1.42 bits per heavy atom. The highest BCUT2D eigenvalue weighted by molar-refractivity contribution is 9.12. The van der Waals surface area contributed by atoms with E-state index in [1.807, 2.05) is 84.9 Å². The first-order valence-corrected chi connectivity index (χ1v) is 10.1. The summed E-state index contributed by atoms with van der Waals surface area (Å²) in [5, 5.41) is 0. The molecular weight excluding hydrogens is 456 g/mol. The topological polar surface area (TPSA) is 26.3 Å². The lowest BCUT2D eigenvalue weighted by Crippen LogP contribution is -2.47. The minimum Gasteiger partial charge on any atom is -0.483 e. The first kappa shape index (κ1) is 17.5. The monoisotopic (exact) mass is 470 g/mol. The van der Waals surface area contributed by atoms with Gasteiger partial charge in [0.1, 0.15) is 16.2 Å². The van der Waals surface area contributed by atoms with E-state index in [-0.39, 0.29) is 10.6 Å². The Morgan fingerprint density at radius 3 is 2.12 bits per heavy atom. The zero-order valence-electron chi connectivity index (χ0n) is 13.8. The molecule has 4 rings (SSSR count). The molecule has 0 N–H and O–H groups in total. The average Bonchev–Trinajstić information content (AvgIpc) is 2.71. The van der Waals surface area contributed by atoms with Crippen LogP contribution in [0.2, 0.25) is 0 Å². The van der Waals surface area contributed by atoms with E-state index in [2.05, 4.69) is 31.9 Å². The van der Waals surface area contributed by atoms with E-state index in [4.69, 9.17) is 4.74 Å². The highest BCUT2D eigenvalue weighted by Gasteiger charge is 2.55. The normalized spacial score (nSPS) is 23.0. The summed E-state index contributed by atoms with van der Waals surface area (Å²) in [5.74, 6) is 0.633. The molecule has 2 nitrogen and oxygen atoms in total. The molecular formula is C22H16Br2O2. The summed E-state index contributed by atoms with van der Waals surface area (Å²) in [4.78, 5) is 13.3. The number of rotatable bonds is 3. The molecule has 0 bridgehead atoms. The number of alkyl halides is 2. The van der Waals surface area contributed by atoms with Gasteiger partial charge in [-0.1, -0.05) is 105 Å². The van der Waals surface area contributed by atoms with E-state index >= 15 is 0 Å². The van der Waals surface area contributed by atoms with Gasteiger partial charge < -0.3 is 4.74 Å². The summed E-state index contributed by atoms with van der Waals surface area (Å²) in [6.45, 7) is 0. The number of ether oxygens (including phenoxy) is 1. The van der Waals surface area contributed by atoms with Crippen LogP contribution < -0.4 is 4.74 Å². The van der Waals surface area contributed by atoms with Crippen molar-refractivity contribution >= 4 is 37.6 Å². The third-order valence-electron chi connectivity index (χ3n) is 4.67. The Kier molecular flexibility index (Phi) is 4.72. The summed E-state index contributed by atoms with van der Waals surface area (Å²) < 4.78 is 5.38. The van der Waals surface area contributed by atoms with Gasteiger partial charge in [0.2, 0.25) is 0 Å². The average molecular weight is 472 g/mol. The molecule has 0 radical (unpaired) electrons. The van der Waals surface area contributed by atoms with Crippen LogP contribution in [0.25, 0.3) is 0 Å². The van der Waals surface area contributed by atoms with Gasteiger partial charge in [0, 0.05) is 0 Å². The highest BCUT2D eigenvalue weighted by Crippen LogP contribution is 2.55. The Morgan fingerprint density at radius 1 is 0.846 bits per heavy atom. The second kappa shape index (κ2) is 7.01. The van der Waals surface area contributed by atoms with Crippen molar-refractivity contribution in [3.8, 4) is 5.75 Å². The van der Waals surface area contributed by atoms with Crippen molar-refractivity contribution in [1.29, 1.82) is 0 Å². The molecule has 0 spiro atoms. The number of halogens is 2. The number of hydrogen-bond donors (Lipinski definition) is 0. The van der Waals surface area contributed by atoms with E-state index in [0.717, 1.165) is 11.1 Å². The molecule has 1 aliphatic rings. The summed E-state index contributed by atoms with van der Waals surface area (Å²) in [6.07, 6.45) is -0.462. The Balaban J connectivity index is 1.89. The molecule has 3 aromatic rings. The predicted octanol–water partition coefficient (Wildman–Crippen LogP) is 6.27. The maximum Gasteiger partial charge on any atom is 0.188 e. The lowest BCUT2D eigenvalue weighted by molar-refractivity contribution is 0.0739. The molecule has 0 aliphatic carbocycles. The van der Waals surface area contributed by atoms with E-state index < -0.39 is 10.4 Å². The van der Waals surface area contributed by atoms with Crippen LogP contribution in [-0.4, -0.2) is 10.1 Å². The quantitative estimate of drug-likeness (QED) is 0.420. The summed E-state index contributed by atoms with van der Waals surface area (Å²) in [5.41, 5.74) is 2.56. The number of hydrogen-bond acceptors (Lipinski definition) is 2. The Bertz CT molecular complexity index is 927. The zero-order chi connectivity index (χ0) is 18.1. The van der Waals surface area contributed by atoms with Gasteiger partial charge in [0.05, 0.1) is 10.4 Å². The van der Waals surface area contributed by atoms with Crippen LogP contribution in [0.1, 0.15) is 32.4 Å². The van der Waals surface area contributed by atoms with Gasteiger partial charge >= 0.3 is 0 Å².